The lowest BCUT2D eigenvalue weighted by molar-refractivity contribution is -0.479. The first-order chi connectivity index (χ1) is 4.50. The smallest absolute Gasteiger partial charge is 0.203 e. The number of nitro groups is 1. The minimum Gasteiger partial charge on any atom is -0.652 e. The highest BCUT2D eigenvalue weighted by molar-refractivity contribution is 5.47. The molecule has 10 heavy (non-hydrogen) atoms. The lowest BCUT2D eigenvalue weighted by Gasteiger charge is -1.96. The number of rotatable bonds is 2. The number of hydrogen-bond donors (Lipinski definition) is 0. The average molecular weight is 149 g/mol. The predicted octanol–water partition coefficient (Wildman–Crippen LogP) is -1.77. The molecule has 0 bridgehead atoms. The maximum atomic E-state index is 9.40. The van der Waals surface area contributed by atoms with Crippen LogP contribution in [0.5, 0.6) is 0 Å². The molecule has 0 amide bonds. The summed E-state index contributed by atoms with van der Waals surface area (Å²) < 4.78 is 0. The fourth-order valence-electron chi connectivity index (χ4n) is 0.183. The van der Waals surface area contributed by atoms with E-state index in [9.17, 15) is 10.1 Å². The summed E-state index contributed by atoms with van der Waals surface area (Å²) in [4.78, 5) is 17.4. The van der Waals surface area contributed by atoms with Crippen molar-refractivity contribution >= 4 is 6.16 Å². The minimum atomic E-state index is -2.33. The minimum absolute atomic E-state index is 0.0972. The van der Waals surface area contributed by atoms with E-state index in [1.807, 2.05) is 0 Å². The summed E-state index contributed by atoms with van der Waals surface area (Å²) in [6.07, 6.45) is -1.70. The van der Waals surface area contributed by atoms with Crippen LogP contribution in [0.2, 0.25) is 0 Å². The van der Waals surface area contributed by atoms with Crippen LogP contribution in [0.1, 0.15) is 13.3 Å². The first kappa shape index (κ1) is 11.5. The van der Waals surface area contributed by atoms with Gasteiger partial charge in [0.2, 0.25) is 6.54 Å². The molecule has 0 aliphatic heterocycles. The highest BCUT2D eigenvalue weighted by Crippen LogP contribution is 1.72. The molecule has 6 nitrogen and oxygen atoms in total. The third kappa shape index (κ3) is 76.9. The predicted molar refractivity (Wildman–Crippen MR) is 27.5 cm³/mol. The molecule has 0 spiro atoms. The van der Waals surface area contributed by atoms with Gasteiger partial charge in [-0.1, -0.05) is 6.92 Å². The van der Waals surface area contributed by atoms with Gasteiger partial charge in [-0.2, -0.15) is 0 Å². The lowest BCUT2D eigenvalue weighted by Crippen LogP contribution is -2.37. The number of carbonyl (C=O) groups excluding carboxylic acids is 1. The highest BCUT2D eigenvalue weighted by Gasteiger charge is 1.85. The molecule has 0 heterocycles. The summed E-state index contributed by atoms with van der Waals surface area (Å²) in [6, 6.07) is 0. The Morgan fingerprint density at radius 2 is 1.80 bits per heavy atom. The maximum absolute atomic E-state index is 9.40. The number of carboxylic acid groups (broad SMARTS) is 2. The Morgan fingerprint density at radius 1 is 1.50 bits per heavy atom. The lowest BCUT2D eigenvalue weighted by atomic mass is 10.5. The van der Waals surface area contributed by atoms with Crippen LogP contribution in [0.25, 0.3) is 0 Å². The second-order valence-electron chi connectivity index (χ2n) is 1.31. The average Bonchev–Trinajstić information content (AvgIpc) is 1.62. The van der Waals surface area contributed by atoms with Crippen LogP contribution in [-0.4, -0.2) is 17.6 Å². The molecular formula is C4H7NO5-2. The fraction of sp³-hybridized carbons (Fsp3) is 0.750. The van der Waals surface area contributed by atoms with Gasteiger partial charge in [0, 0.05) is 11.3 Å². The molecule has 0 aromatic rings. The highest BCUT2D eigenvalue weighted by atomic mass is 16.6. The summed E-state index contributed by atoms with van der Waals surface area (Å²) in [5.41, 5.74) is 0. The second-order valence-corrected chi connectivity index (χ2v) is 1.31. The number of nitrogens with zero attached hydrogens (tertiary/aromatic N) is 1. The Bertz CT molecular complexity index is 108. The molecule has 60 valence electrons. The molecule has 0 aromatic carbocycles. The molecule has 0 saturated heterocycles. The summed E-state index contributed by atoms with van der Waals surface area (Å²) >= 11 is 0. The van der Waals surface area contributed by atoms with Gasteiger partial charge in [0.15, 0.2) is 0 Å². The summed E-state index contributed by atoms with van der Waals surface area (Å²) in [5, 5.41) is 26.1. The molecule has 0 aliphatic rings. The van der Waals surface area contributed by atoms with Gasteiger partial charge < -0.3 is 15.0 Å². The van der Waals surface area contributed by atoms with E-state index in [1.165, 1.54) is 0 Å². The van der Waals surface area contributed by atoms with Gasteiger partial charge in [0.25, 0.3) is 0 Å². The summed E-state index contributed by atoms with van der Waals surface area (Å²) in [5.74, 6) is 0. The van der Waals surface area contributed by atoms with E-state index in [0.29, 0.717) is 6.42 Å². The maximum Gasteiger partial charge on any atom is 0.203 e. The van der Waals surface area contributed by atoms with Crippen molar-refractivity contribution in [2.75, 3.05) is 6.54 Å². The SMILES string of the molecule is CCC[N+](=O)[O-].O=C([O-])[O-]. The molecule has 0 unspecified atom stereocenters. The molecular weight excluding hydrogens is 142 g/mol. The quantitative estimate of drug-likeness (QED) is 0.341. The van der Waals surface area contributed by atoms with E-state index in [4.69, 9.17) is 15.0 Å². The van der Waals surface area contributed by atoms with Crippen LogP contribution in [0.15, 0.2) is 0 Å². The van der Waals surface area contributed by atoms with Crippen LogP contribution in [0.3, 0.4) is 0 Å². The van der Waals surface area contributed by atoms with Crippen molar-refractivity contribution in [3.05, 3.63) is 10.1 Å². The zero-order valence-electron chi connectivity index (χ0n) is 5.40. The standard InChI is InChI=1S/C3H7NO2.CH2O3/c1-2-3-4(5)6;2-1(3)4/h2-3H2,1H3;(H2,2,3,4)/p-2. The Kier molecular flexibility index (Phi) is 8.79. The van der Waals surface area contributed by atoms with Crippen molar-refractivity contribution in [2.24, 2.45) is 0 Å². The van der Waals surface area contributed by atoms with E-state index in [-0.39, 0.29) is 11.5 Å². The van der Waals surface area contributed by atoms with Crippen molar-refractivity contribution < 1.29 is 19.9 Å². The van der Waals surface area contributed by atoms with E-state index >= 15 is 0 Å². The topological polar surface area (TPSA) is 106 Å². The van der Waals surface area contributed by atoms with Crippen LogP contribution in [0, 0.1) is 10.1 Å². The molecule has 0 aromatic heterocycles. The largest absolute Gasteiger partial charge is 0.652 e. The second kappa shape index (κ2) is 7.67. The van der Waals surface area contributed by atoms with Crippen molar-refractivity contribution in [1.29, 1.82) is 0 Å². The normalized spacial score (nSPS) is 7.30. The van der Waals surface area contributed by atoms with Gasteiger partial charge in [-0.05, 0) is 6.16 Å². The van der Waals surface area contributed by atoms with E-state index in [0.717, 1.165) is 0 Å². The van der Waals surface area contributed by atoms with Gasteiger partial charge in [0.1, 0.15) is 0 Å². The van der Waals surface area contributed by atoms with E-state index in [1.54, 1.807) is 6.92 Å². The molecule has 0 N–H and O–H groups in total. The van der Waals surface area contributed by atoms with Crippen molar-refractivity contribution in [2.45, 2.75) is 13.3 Å². The van der Waals surface area contributed by atoms with Crippen molar-refractivity contribution in [1.82, 2.24) is 0 Å². The van der Waals surface area contributed by atoms with Crippen LogP contribution in [0.4, 0.5) is 4.79 Å². The third-order valence-electron chi connectivity index (χ3n) is 0.406. The zero-order valence-corrected chi connectivity index (χ0v) is 5.40. The van der Waals surface area contributed by atoms with Gasteiger partial charge in [0.05, 0.1) is 0 Å². The van der Waals surface area contributed by atoms with E-state index < -0.39 is 6.16 Å². The number of carbonyl (C=O) groups is 1. The molecule has 0 aliphatic carbocycles. The van der Waals surface area contributed by atoms with E-state index in [2.05, 4.69) is 0 Å². The molecule has 6 heteroatoms. The fourth-order valence-corrected chi connectivity index (χ4v) is 0.183. The number of hydrogen-bond acceptors (Lipinski definition) is 5. The third-order valence-corrected chi connectivity index (χ3v) is 0.406. The van der Waals surface area contributed by atoms with Gasteiger partial charge >= 0.3 is 0 Å². The Balaban J connectivity index is 0. The monoisotopic (exact) mass is 149 g/mol. The molecule has 0 saturated carbocycles. The summed E-state index contributed by atoms with van der Waals surface area (Å²) in [6.45, 7) is 1.88. The van der Waals surface area contributed by atoms with Crippen LogP contribution in [-0.2, 0) is 0 Å². The molecule has 0 radical (unpaired) electrons. The van der Waals surface area contributed by atoms with Gasteiger partial charge in [-0.25, -0.2) is 0 Å². The van der Waals surface area contributed by atoms with Gasteiger partial charge in [-0.3, -0.25) is 10.1 Å². The zero-order chi connectivity index (χ0) is 8.57. The van der Waals surface area contributed by atoms with Crippen LogP contribution < -0.4 is 10.2 Å². The Hall–Kier alpha value is -1.33. The Labute approximate surface area is 57.2 Å². The van der Waals surface area contributed by atoms with Crippen molar-refractivity contribution in [3.63, 3.8) is 0 Å². The molecule has 0 fully saturated rings. The van der Waals surface area contributed by atoms with Gasteiger partial charge in [-0.15, -0.1) is 0 Å². The molecule has 0 atom stereocenters. The van der Waals surface area contributed by atoms with Crippen molar-refractivity contribution in [3.8, 4) is 0 Å². The first-order valence-corrected chi connectivity index (χ1v) is 2.50. The molecule has 0 rings (SSSR count). The summed E-state index contributed by atoms with van der Waals surface area (Å²) in [7, 11) is 0. The first-order valence-electron chi connectivity index (χ1n) is 2.50. The van der Waals surface area contributed by atoms with Crippen LogP contribution >= 0.6 is 0 Å². The Morgan fingerprint density at radius 3 is 1.80 bits per heavy atom.